The summed E-state index contributed by atoms with van der Waals surface area (Å²) in [6.45, 7) is 0. The molecule has 0 fully saturated rings. The number of rotatable bonds is 5. The molecule has 0 aliphatic rings. The summed E-state index contributed by atoms with van der Waals surface area (Å²) in [4.78, 5) is 30.7. The number of aromatic nitrogens is 2. The zero-order valence-electron chi connectivity index (χ0n) is 11.4. The number of hydrogen-bond acceptors (Lipinski definition) is 5. The van der Waals surface area contributed by atoms with E-state index in [1.807, 2.05) is 0 Å². The molecule has 0 saturated heterocycles. The fourth-order valence-electron chi connectivity index (χ4n) is 1.74. The highest BCUT2D eigenvalue weighted by Gasteiger charge is 2.20. The number of aromatic hydroxyl groups is 1. The molecular weight excluding hydrogens is 288 g/mol. The smallest absolute Gasteiger partial charge is 0.326 e. The van der Waals surface area contributed by atoms with Gasteiger partial charge in [0, 0.05) is 18.8 Å². The first-order valence-corrected chi connectivity index (χ1v) is 6.39. The van der Waals surface area contributed by atoms with Crippen molar-refractivity contribution in [3.63, 3.8) is 0 Å². The molecule has 4 N–H and O–H groups in total. The lowest BCUT2D eigenvalue weighted by Gasteiger charge is -2.15. The molecule has 114 valence electrons. The van der Waals surface area contributed by atoms with Crippen LogP contribution < -0.4 is 10.6 Å². The van der Waals surface area contributed by atoms with Gasteiger partial charge < -0.3 is 15.5 Å². The molecule has 1 aromatic heterocycles. The number of aliphatic carboxylic acids is 1. The summed E-state index contributed by atoms with van der Waals surface area (Å²) in [6.07, 6.45) is 4.29. The molecule has 0 spiro atoms. The number of carboxylic acids is 1. The number of phenols is 1. The number of urea groups is 1. The number of anilines is 1. The van der Waals surface area contributed by atoms with E-state index in [1.54, 1.807) is 12.1 Å². The summed E-state index contributed by atoms with van der Waals surface area (Å²) in [5.74, 6) is -0.861. The average Bonchev–Trinajstić information content (AvgIpc) is 2.49. The Morgan fingerprint density at radius 1 is 1.18 bits per heavy atom. The van der Waals surface area contributed by atoms with E-state index in [2.05, 4.69) is 20.6 Å². The number of carbonyl (C=O) groups excluding carboxylic acids is 1. The summed E-state index contributed by atoms with van der Waals surface area (Å²) in [6, 6.07) is 4.29. The molecule has 1 heterocycles. The van der Waals surface area contributed by atoms with Gasteiger partial charge in [0.1, 0.15) is 11.8 Å². The van der Waals surface area contributed by atoms with E-state index >= 15 is 0 Å². The molecule has 0 saturated carbocycles. The second-order valence-corrected chi connectivity index (χ2v) is 4.45. The Balaban J connectivity index is 1.98. The molecule has 0 aliphatic carbocycles. The molecule has 2 rings (SSSR count). The van der Waals surface area contributed by atoms with Crippen LogP contribution in [0.15, 0.2) is 42.9 Å². The van der Waals surface area contributed by atoms with Crippen LogP contribution in [0.25, 0.3) is 0 Å². The molecule has 1 aromatic carbocycles. The standard InChI is InChI=1S/C14H14N4O4/c19-10-3-1-9(2-4-10)7-11(13(20)21)17-14(22)18-12-8-15-5-6-16-12/h1-6,8,11,19H,7H2,(H,20,21)(H2,16,17,18,22). The van der Waals surface area contributed by atoms with Crippen LogP contribution in [0.1, 0.15) is 5.56 Å². The number of nitrogens with one attached hydrogen (secondary N) is 2. The third-order valence-electron chi connectivity index (χ3n) is 2.78. The van der Waals surface area contributed by atoms with Crippen LogP contribution in [-0.4, -0.2) is 38.2 Å². The molecule has 8 nitrogen and oxygen atoms in total. The van der Waals surface area contributed by atoms with Gasteiger partial charge in [-0.2, -0.15) is 0 Å². The summed E-state index contributed by atoms with van der Waals surface area (Å²) in [5.41, 5.74) is 0.671. The summed E-state index contributed by atoms with van der Waals surface area (Å²) >= 11 is 0. The number of phenolic OH excluding ortho intramolecular Hbond substituents is 1. The van der Waals surface area contributed by atoms with Crippen LogP contribution in [0, 0.1) is 0 Å². The van der Waals surface area contributed by atoms with Crippen LogP contribution in [0.3, 0.4) is 0 Å². The summed E-state index contributed by atoms with van der Waals surface area (Å²) in [7, 11) is 0. The number of hydrogen-bond donors (Lipinski definition) is 4. The van der Waals surface area contributed by atoms with E-state index in [4.69, 9.17) is 0 Å². The first kappa shape index (κ1) is 15.2. The fourth-order valence-corrected chi connectivity index (χ4v) is 1.74. The molecule has 1 atom stereocenters. The highest BCUT2D eigenvalue weighted by Crippen LogP contribution is 2.11. The van der Waals surface area contributed by atoms with Crippen molar-refractivity contribution in [2.45, 2.75) is 12.5 Å². The van der Waals surface area contributed by atoms with Gasteiger partial charge in [-0.15, -0.1) is 0 Å². The van der Waals surface area contributed by atoms with E-state index in [9.17, 15) is 19.8 Å². The van der Waals surface area contributed by atoms with Crippen molar-refractivity contribution in [2.24, 2.45) is 0 Å². The lowest BCUT2D eigenvalue weighted by Crippen LogP contribution is -2.44. The zero-order valence-corrected chi connectivity index (χ0v) is 11.4. The van der Waals surface area contributed by atoms with E-state index in [0.29, 0.717) is 5.56 Å². The van der Waals surface area contributed by atoms with Crippen LogP contribution in [0.5, 0.6) is 5.75 Å². The minimum absolute atomic E-state index is 0.0868. The molecular formula is C14H14N4O4. The normalized spacial score (nSPS) is 11.5. The Morgan fingerprint density at radius 3 is 2.50 bits per heavy atom. The van der Waals surface area contributed by atoms with Crippen molar-refractivity contribution in [1.29, 1.82) is 0 Å². The molecule has 0 bridgehead atoms. The quantitative estimate of drug-likeness (QED) is 0.653. The molecule has 0 aliphatic heterocycles. The van der Waals surface area contributed by atoms with E-state index in [0.717, 1.165) is 0 Å². The molecule has 22 heavy (non-hydrogen) atoms. The predicted octanol–water partition coefficient (Wildman–Crippen LogP) is 1.000. The fraction of sp³-hybridized carbons (Fsp3) is 0.143. The van der Waals surface area contributed by atoms with Gasteiger partial charge in [0.25, 0.3) is 0 Å². The molecule has 2 aromatic rings. The van der Waals surface area contributed by atoms with Crippen molar-refractivity contribution in [1.82, 2.24) is 15.3 Å². The Labute approximate surface area is 125 Å². The van der Waals surface area contributed by atoms with E-state index < -0.39 is 18.0 Å². The Kier molecular flexibility index (Phi) is 4.86. The maximum Gasteiger partial charge on any atom is 0.326 e. The summed E-state index contributed by atoms with van der Waals surface area (Å²) in [5, 5.41) is 23.1. The van der Waals surface area contributed by atoms with Crippen molar-refractivity contribution < 1.29 is 19.8 Å². The number of benzene rings is 1. The largest absolute Gasteiger partial charge is 0.508 e. The van der Waals surface area contributed by atoms with E-state index in [-0.39, 0.29) is 18.0 Å². The highest BCUT2D eigenvalue weighted by molar-refractivity contribution is 5.91. The van der Waals surface area contributed by atoms with Crippen LogP contribution >= 0.6 is 0 Å². The lowest BCUT2D eigenvalue weighted by atomic mass is 10.1. The van der Waals surface area contributed by atoms with Crippen LogP contribution in [0.2, 0.25) is 0 Å². The minimum Gasteiger partial charge on any atom is -0.508 e. The Bertz CT molecular complexity index is 646. The van der Waals surface area contributed by atoms with Crippen molar-refractivity contribution in [2.75, 3.05) is 5.32 Å². The second kappa shape index (κ2) is 7.02. The minimum atomic E-state index is -1.16. The first-order valence-electron chi connectivity index (χ1n) is 6.39. The molecule has 8 heteroatoms. The van der Waals surface area contributed by atoms with Crippen LogP contribution in [0.4, 0.5) is 10.6 Å². The topological polar surface area (TPSA) is 124 Å². The van der Waals surface area contributed by atoms with Gasteiger partial charge >= 0.3 is 12.0 Å². The van der Waals surface area contributed by atoms with Crippen molar-refractivity contribution >= 4 is 17.8 Å². The van der Waals surface area contributed by atoms with E-state index in [1.165, 1.54) is 30.7 Å². The number of carbonyl (C=O) groups is 2. The molecule has 1 unspecified atom stereocenters. The monoisotopic (exact) mass is 302 g/mol. The zero-order chi connectivity index (χ0) is 15.9. The predicted molar refractivity (Wildman–Crippen MR) is 77.4 cm³/mol. The van der Waals surface area contributed by atoms with Gasteiger partial charge in [-0.3, -0.25) is 10.3 Å². The van der Waals surface area contributed by atoms with Gasteiger partial charge in [-0.05, 0) is 17.7 Å². The van der Waals surface area contributed by atoms with Gasteiger partial charge in [0.15, 0.2) is 5.82 Å². The van der Waals surface area contributed by atoms with Gasteiger partial charge in [-0.25, -0.2) is 14.6 Å². The second-order valence-electron chi connectivity index (χ2n) is 4.45. The van der Waals surface area contributed by atoms with Crippen molar-refractivity contribution in [3.05, 3.63) is 48.4 Å². The molecule has 0 radical (unpaired) electrons. The maximum absolute atomic E-state index is 11.8. The Hall–Kier alpha value is -3.16. The third kappa shape index (κ3) is 4.44. The third-order valence-corrected chi connectivity index (χ3v) is 2.78. The number of carboxylic acid groups (broad SMARTS) is 1. The van der Waals surface area contributed by atoms with Gasteiger partial charge in [0.2, 0.25) is 0 Å². The summed E-state index contributed by atoms with van der Waals surface area (Å²) < 4.78 is 0. The van der Waals surface area contributed by atoms with Gasteiger partial charge in [-0.1, -0.05) is 12.1 Å². The maximum atomic E-state index is 11.8. The average molecular weight is 302 g/mol. The van der Waals surface area contributed by atoms with Crippen molar-refractivity contribution in [3.8, 4) is 5.75 Å². The highest BCUT2D eigenvalue weighted by atomic mass is 16.4. The number of amides is 2. The molecule has 2 amide bonds. The first-order chi connectivity index (χ1) is 10.5. The number of nitrogens with zero attached hydrogens (tertiary/aromatic N) is 2. The SMILES string of the molecule is O=C(Nc1cnccn1)NC(Cc1ccc(O)cc1)C(=O)O. The Morgan fingerprint density at radius 2 is 1.91 bits per heavy atom. The van der Waals surface area contributed by atoms with Gasteiger partial charge in [0.05, 0.1) is 6.20 Å². The van der Waals surface area contributed by atoms with Crippen LogP contribution in [-0.2, 0) is 11.2 Å². The lowest BCUT2D eigenvalue weighted by molar-refractivity contribution is -0.139.